The number of hydrogen-bond acceptors (Lipinski definition) is 7. The van der Waals surface area contributed by atoms with Gasteiger partial charge in [0.05, 0.1) is 0 Å². The number of carbonyl (C=O) groups is 1. The molecule has 4 aliphatic rings. The van der Waals surface area contributed by atoms with Gasteiger partial charge in [0.25, 0.3) is 0 Å². The summed E-state index contributed by atoms with van der Waals surface area (Å²) in [5.41, 5.74) is 0. The lowest BCUT2D eigenvalue weighted by Gasteiger charge is -2.36. The highest BCUT2D eigenvalue weighted by Crippen LogP contribution is 2.36. The molecule has 4 saturated heterocycles. The third-order valence-corrected chi connectivity index (χ3v) is 7.36. The number of esters is 1. The van der Waals surface area contributed by atoms with Crippen molar-refractivity contribution in [1.82, 2.24) is 9.80 Å². The monoisotopic (exact) mass is 396 g/mol. The lowest BCUT2D eigenvalue weighted by atomic mass is 10.0. The van der Waals surface area contributed by atoms with E-state index < -0.39 is 0 Å². The minimum absolute atomic E-state index is 0.0349. The Kier molecular flexibility index (Phi) is 6.02. The van der Waals surface area contributed by atoms with Crippen LogP contribution in [0.15, 0.2) is 0 Å². The average molecular weight is 397 g/mol. The van der Waals surface area contributed by atoms with Gasteiger partial charge >= 0.3 is 5.97 Å². The fraction of sp³-hybridized carbons (Fsp3) is 0.900. The summed E-state index contributed by atoms with van der Waals surface area (Å²) in [7, 11) is 4.39. The fourth-order valence-electron chi connectivity index (χ4n) is 5.57. The molecular weight excluding hydrogens is 364 g/mol. The SMILES string of the molecule is CN1[C@@H]2CC[C@H]1CC(OC(=O)COCC(=S)OC1C[C@H]3CC[C@@H](C1)N3C)C2. The van der Waals surface area contributed by atoms with E-state index in [0.29, 0.717) is 29.2 Å². The number of rotatable bonds is 6. The van der Waals surface area contributed by atoms with Crippen molar-refractivity contribution in [3.63, 3.8) is 0 Å². The minimum Gasteiger partial charge on any atom is -0.481 e. The topological polar surface area (TPSA) is 51.2 Å². The largest absolute Gasteiger partial charge is 0.481 e. The number of thiocarbonyl (C=S) groups is 1. The summed E-state index contributed by atoms with van der Waals surface area (Å²) < 4.78 is 17.0. The van der Waals surface area contributed by atoms with Crippen molar-refractivity contribution in [1.29, 1.82) is 0 Å². The molecule has 4 fully saturated rings. The van der Waals surface area contributed by atoms with E-state index in [1.54, 1.807) is 0 Å². The van der Waals surface area contributed by atoms with Crippen molar-refractivity contribution in [3.8, 4) is 0 Å². The molecule has 152 valence electrons. The second-order valence-electron chi connectivity index (χ2n) is 8.76. The summed E-state index contributed by atoms with van der Waals surface area (Å²) in [6.07, 6.45) is 9.14. The predicted molar refractivity (Wildman–Crippen MR) is 106 cm³/mol. The van der Waals surface area contributed by atoms with Crippen LogP contribution in [0.1, 0.15) is 51.4 Å². The van der Waals surface area contributed by atoms with E-state index in [-0.39, 0.29) is 31.4 Å². The maximum atomic E-state index is 12.1. The van der Waals surface area contributed by atoms with Crippen LogP contribution in [0.5, 0.6) is 0 Å². The second-order valence-corrected chi connectivity index (χ2v) is 9.22. The Morgan fingerprint density at radius 3 is 1.74 bits per heavy atom. The lowest BCUT2D eigenvalue weighted by molar-refractivity contribution is -0.157. The van der Waals surface area contributed by atoms with Gasteiger partial charge < -0.3 is 24.0 Å². The lowest BCUT2D eigenvalue weighted by Crippen LogP contribution is -2.44. The maximum Gasteiger partial charge on any atom is 0.332 e. The van der Waals surface area contributed by atoms with Gasteiger partial charge in [-0.25, -0.2) is 4.79 Å². The molecule has 2 unspecified atom stereocenters. The van der Waals surface area contributed by atoms with E-state index in [9.17, 15) is 4.79 Å². The van der Waals surface area contributed by atoms with Crippen LogP contribution in [0.4, 0.5) is 0 Å². The first-order valence-electron chi connectivity index (χ1n) is 10.4. The molecule has 0 saturated carbocycles. The molecule has 0 aromatic rings. The summed E-state index contributed by atoms with van der Waals surface area (Å²) in [5.74, 6) is -0.288. The Morgan fingerprint density at radius 1 is 0.815 bits per heavy atom. The quantitative estimate of drug-likeness (QED) is 0.504. The molecule has 0 radical (unpaired) electrons. The summed E-state index contributed by atoms with van der Waals surface area (Å²) in [5, 5.41) is 0.453. The van der Waals surface area contributed by atoms with E-state index in [1.807, 2.05) is 0 Å². The highest BCUT2D eigenvalue weighted by molar-refractivity contribution is 7.80. The zero-order valence-corrected chi connectivity index (χ0v) is 17.3. The number of carbonyl (C=O) groups excluding carboxylic acids is 1. The Morgan fingerprint density at radius 2 is 1.26 bits per heavy atom. The Labute approximate surface area is 167 Å². The van der Waals surface area contributed by atoms with Crippen molar-refractivity contribution in [3.05, 3.63) is 0 Å². The van der Waals surface area contributed by atoms with Gasteiger partial charge in [-0.05, 0) is 77.7 Å². The van der Waals surface area contributed by atoms with Gasteiger partial charge in [-0.1, -0.05) is 0 Å². The third kappa shape index (κ3) is 4.47. The van der Waals surface area contributed by atoms with Crippen LogP contribution in [0.3, 0.4) is 0 Å². The Balaban J connectivity index is 1.12. The van der Waals surface area contributed by atoms with Gasteiger partial charge in [0, 0.05) is 24.2 Å². The van der Waals surface area contributed by atoms with E-state index in [4.69, 9.17) is 26.4 Å². The molecule has 4 bridgehead atoms. The van der Waals surface area contributed by atoms with Gasteiger partial charge in [0.1, 0.15) is 25.4 Å². The number of hydrogen-bond donors (Lipinski definition) is 0. The van der Waals surface area contributed by atoms with Crippen molar-refractivity contribution in [2.75, 3.05) is 27.3 Å². The molecule has 7 heteroatoms. The minimum atomic E-state index is -0.288. The summed E-state index contributed by atoms with van der Waals surface area (Å²) in [4.78, 5) is 17.0. The van der Waals surface area contributed by atoms with E-state index in [0.717, 1.165) is 25.7 Å². The number of ether oxygens (including phenoxy) is 3. The zero-order chi connectivity index (χ0) is 19.0. The molecule has 27 heavy (non-hydrogen) atoms. The molecule has 0 aromatic carbocycles. The summed E-state index contributed by atoms with van der Waals surface area (Å²) in [6.45, 7) is 0.134. The standard InChI is InChI=1S/C20H32N2O4S/c1-21-13-3-4-14(21)8-17(7-13)25-19(23)11-24-12-20(27)26-18-9-15-5-6-16(10-18)22(15)2/h13-18H,3-12H2,1-2H3/t13-,14+,15-,16+,17?,18?. The molecule has 4 rings (SSSR count). The normalized spacial score (nSPS) is 38.7. The first-order valence-corrected chi connectivity index (χ1v) is 10.8. The second kappa shape index (κ2) is 8.31. The summed E-state index contributed by atoms with van der Waals surface area (Å²) in [6, 6.07) is 2.37. The Hall–Kier alpha value is -0.760. The highest BCUT2D eigenvalue weighted by Gasteiger charge is 2.40. The highest BCUT2D eigenvalue weighted by atomic mass is 32.1. The van der Waals surface area contributed by atoms with Crippen LogP contribution in [0.25, 0.3) is 0 Å². The van der Waals surface area contributed by atoms with Crippen molar-refractivity contribution in [2.24, 2.45) is 0 Å². The molecule has 4 aliphatic heterocycles. The van der Waals surface area contributed by atoms with Gasteiger partial charge in [0.15, 0.2) is 5.05 Å². The first-order chi connectivity index (χ1) is 13.0. The van der Waals surface area contributed by atoms with Crippen LogP contribution in [0, 0.1) is 0 Å². The summed E-state index contributed by atoms with van der Waals surface area (Å²) >= 11 is 5.31. The van der Waals surface area contributed by atoms with Crippen LogP contribution >= 0.6 is 12.2 Å². The zero-order valence-electron chi connectivity index (χ0n) is 16.5. The molecule has 0 aliphatic carbocycles. The fourth-order valence-corrected chi connectivity index (χ4v) is 5.79. The number of nitrogens with zero attached hydrogens (tertiary/aromatic N) is 2. The molecule has 4 heterocycles. The molecular formula is C20H32N2O4S. The molecule has 0 N–H and O–H groups in total. The molecule has 0 aromatic heterocycles. The molecule has 0 spiro atoms. The number of fused-ring (bicyclic) bond motifs is 4. The van der Waals surface area contributed by atoms with Gasteiger partial charge in [-0.3, -0.25) is 0 Å². The van der Waals surface area contributed by atoms with Crippen LogP contribution in [0.2, 0.25) is 0 Å². The van der Waals surface area contributed by atoms with E-state index in [1.165, 1.54) is 25.7 Å². The Bertz CT molecular complexity index is 498. The van der Waals surface area contributed by atoms with Crippen molar-refractivity contribution >= 4 is 23.2 Å². The molecule has 6 atom stereocenters. The average Bonchev–Trinajstić information content (AvgIpc) is 2.96. The van der Waals surface area contributed by atoms with Crippen LogP contribution < -0.4 is 0 Å². The molecule has 0 amide bonds. The molecule has 6 nitrogen and oxygen atoms in total. The van der Waals surface area contributed by atoms with Gasteiger partial charge in [-0.2, -0.15) is 0 Å². The van der Waals surface area contributed by atoms with E-state index in [2.05, 4.69) is 23.9 Å². The van der Waals surface area contributed by atoms with Gasteiger partial charge in [0.2, 0.25) is 0 Å². The van der Waals surface area contributed by atoms with Crippen molar-refractivity contribution < 1.29 is 19.0 Å². The van der Waals surface area contributed by atoms with Crippen LogP contribution in [-0.4, -0.2) is 84.5 Å². The predicted octanol–water partition coefficient (Wildman–Crippen LogP) is 2.14. The first kappa shape index (κ1) is 19.6. The van der Waals surface area contributed by atoms with Crippen LogP contribution in [-0.2, 0) is 19.0 Å². The van der Waals surface area contributed by atoms with Gasteiger partial charge in [-0.15, -0.1) is 0 Å². The van der Waals surface area contributed by atoms with Crippen molar-refractivity contribution in [2.45, 2.75) is 87.7 Å². The maximum absolute atomic E-state index is 12.1. The third-order valence-electron chi connectivity index (χ3n) is 7.15. The number of piperidine rings is 2. The van der Waals surface area contributed by atoms with E-state index >= 15 is 0 Å². The smallest absolute Gasteiger partial charge is 0.332 e.